The Labute approximate surface area is 121 Å². The zero-order chi connectivity index (χ0) is 13.9. The van der Waals surface area contributed by atoms with Crippen LogP contribution in [0.2, 0.25) is 0 Å². The molecule has 0 aliphatic heterocycles. The lowest BCUT2D eigenvalue weighted by Crippen LogP contribution is -1.97. The highest BCUT2D eigenvalue weighted by Gasteiger charge is 2.15. The lowest BCUT2D eigenvalue weighted by molar-refractivity contribution is 0.312. The van der Waals surface area contributed by atoms with Gasteiger partial charge >= 0.3 is 0 Å². The lowest BCUT2D eigenvalue weighted by Gasteiger charge is -2.12. The number of benzene rings is 2. The number of methoxy groups -OCH3 is 1. The summed E-state index contributed by atoms with van der Waals surface area (Å²) in [4.78, 5) is 4.68. The average Bonchev–Trinajstić information content (AvgIpc) is 2.91. The van der Waals surface area contributed by atoms with Crippen molar-refractivity contribution in [2.45, 2.75) is 6.92 Å². The molecule has 0 aliphatic rings. The van der Waals surface area contributed by atoms with E-state index >= 15 is 0 Å². The van der Waals surface area contributed by atoms with Gasteiger partial charge in [-0.2, -0.15) is 0 Å². The second-order valence-electron chi connectivity index (χ2n) is 4.26. The van der Waals surface area contributed by atoms with Gasteiger partial charge in [-0.25, -0.2) is 4.98 Å². The summed E-state index contributed by atoms with van der Waals surface area (Å²) in [6, 6.07) is 14.0. The van der Waals surface area contributed by atoms with E-state index in [0.29, 0.717) is 6.61 Å². The first kappa shape index (κ1) is 12.9. The van der Waals surface area contributed by atoms with E-state index in [9.17, 15) is 0 Å². The van der Waals surface area contributed by atoms with Crippen molar-refractivity contribution in [3.63, 3.8) is 0 Å². The van der Waals surface area contributed by atoms with Crippen molar-refractivity contribution in [3.8, 4) is 22.1 Å². The number of rotatable bonds is 4. The number of nitrogens with zero attached hydrogens (tertiary/aromatic N) is 1. The van der Waals surface area contributed by atoms with Gasteiger partial charge in [0.15, 0.2) is 11.5 Å². The van der Waals surface area contributed by atoms with Gasteiger partial charge in [0.2, 0.25) is 0 Å². The fourth-order valence-electron chi connectivity index (χ4n) is 2.13. The Morgan fingerprint density at radius 1 is 1.10 bits per heavy atom. The van der Waals surface area contributed by atoms with Crippen LogP contribution >= 0.6 is 11.3 Å². The van der Waals surface area contributed by atoms with Crippen LogP contribution in [0, 0.1) is 0 Å². The number of hydrogen-bond donors (Lipinski definition) is 0. The van der Waals surface area contributed by atoms with Gasteiger partial charge in [0.25, 0.3) is 0 Å². The van der Waals surface area contributed by atoms with Crippen LogP contribution in [0.1, 0.15) is 6.92 Å². The minimum absolute atomic E-state index is 0.596. The molecule has 20 heavy (non-hydrogen) atoms. The van der Waals surface area contributed by atoms with Crippen LogP contribution in [0.3, 0.4) is 0 Å². The molecule has 3 aromatic rings. The van der Waals surface area contributed by atoms with Crippen LogP contribution in [-0.4, -0.2) is 18.7 Å². The molecule has 3 rings (SSSR count). The van der Waals surface area contributed by atoms with Gasteiger partial charge in [-0.05, 0) is 31.2 Å². The van der Waals surface area contributed by atoms with E-state index in [1.54, 1.807) is 18.4 Å². The summed E-state index contributed by atoms with van der Waals surface area (Å²) in [5, 5.41) is 0.952. The molecule has 0 bridgehead atoms. The largest absolute Gasteiger partial charge is 0.493 e. The van der Waals surface area contributed by atoms with Crippen molar-refractivity contribution in [2.24, 2.45) is 0 Å². The van der Waals surface area contributed by atoms with Gasteiger partial charge in [0.1, 0.15) is 5.01 Å². The molecule has 1 heterocycles. The fraction of sp³-hybridized carbons (Fsp3) is 0.188. The highest BCUT2D eigenvalue weighted by Crippen LogP contribution is 2.40. The molecule has 0 aliphatic carbocycles. The van der Waals surface area contributed by atoms with Gasteiger partial charge in [0, 0.05) is 0 Å². The van der Waals surface area contributed by atoms with Crippen molar-refractivity contribution in [1.29, 1.82) is 0 Å². The topological polar surface area (TPSA) is 31.4 Å². The maximum absolute atomic E-state index is 5.75. The highest BCUT2D eigenvalue weighted by atomic mass is 32.1. The Hall–Kier alpha value is -2.07. The van der Waals surface area contributed by atoms with Gasteiger partial charge in [0.05, 0.1) is 29.5 Å². The molecule has 0 unspecified atom stereocenters. The van der Waals surface area contributed by atoms with E-state index in [4.69, 9.17) is 9.47 Å². The number of aromatic nitrogens is 1. The number of hydrogen-bond acceptors (Lipinski definition) is 4. The normalized spacial score (nSPS) is 10.7. The quantitative estimate of drug-likeness (QED) is 0.713. The molecule has 3 nitrogen and oxygen atoms in total. The first-order chi connectivity index (χ1) is 9.83. The van der Waals surface area contributed by atoms with E-state index in [1.165, 1.54) is 4.70 Å². The van der Waals surface area contributed by atoms with Gasteiger partial charge in [-0.3, -0.25) is 0 Å². The summed E-state index contributed by atoms with van der Waals surface area (Å²) in [6.45, 7) is 2.56. The van der Waals surface area contributed by atoms with E-state index < -0.39 is 0 Å². The molecule has 1 aromatic heterocycles. The Morgan fingerprint density at radius 3 is 2.70 bits per heavy atom. The maximum atomic E-state index is 5.75. The van der Waals surface area contributed by atoms with Crippen LogP contribution in [0.15, 0.2) is 42.5 Å². The van der Waals surface area contributed by atoms with Crippen molar-refractivity contribution in [2.75, 3.05) is 13.7 Å². The number of para-hydroxylation sites is 2. The molecule has 2 aromatic carbocycles. The first-order valence-corrected chi connectivity index (χ1v) is 7.31. The lowest BCUT2D eigenvalue weighted by atomic mass is 10.2. The molecule has 0 saturated heterocycles. The van der Waals surface area contributed by atoms with Crippen molar-refractivity contribution in [1.82, 2.24) is 4.98 Å². The maximum Gasteiger partial charge on any atom is 0.171 e. The van der Waals surface area contributed by atoms with Gasteiger partial charge in [-0.1, -0.05) is 18.2 Å². The molecule has 0 spiro atoms. The number of fused-ring (bicyclic) bond motifs is 1. The molecule has 0 radical (unpaired) electrons. The molecular weight excluding hydrogens is 270 g/mol. The number of ether oxygens (including phenoxy) is 2. The van der Waals surface area contributed by atoms with Crippen molar-refractivity contribution >= 4 is 21.6 Å². The molecular formula is C16H15NO2S. The summed E-state index contributed by atoms with van der Waals surface area (Å²) in [5.41, 5.74) is 1.99. The summed E-state index contributed by atoms with van der Waals surface area (Å²) in [7, 11) is 1.65. The molecule has 0 fully saturated rings. The van der Waals surface area contributed by atoms with E-state index in [0.717, 1.165) is 27.6 Å². The van der Waals surface area contributed by atoms with Crippen LogP contribution in [0.5, 0.6) is 11.5 Å². The fourth-order valence-corrected chi connectivity index (χ4v) is 3.11. The molecule has 0 N–H and O–H groups in total. The van der Waals surface area contributed by atoms with Crippen molar-refractivity contribution < 1.29 is 9.47 Å². The summed E-state index contributed by atoms with van der Waals surface area (Å²) in [5.74, 6) is 1.50. The highest BCUT2D eigenvalue weighted by molar-refractivity contribution is 7.21. The molecule has 4 heteroatoms. The number of thiazole rings is 1. The smallest absolute Gasteiger partial charge is 0.171 e. The minimum Gasteiger partial charge on any atom is -0.493 e. The molecule has 0 amide bonds. The predicted octanol–water partition coefficient (Wildman–Crippen LogP) is 4.37. The Balaban J connectivity index is 2.17. The van der Waals surface area contributed by atoms with E-state index in [2.05, 4.69) is 11.1 Å². The van der Waals surface area contributed by atoms with Gasteiger partial charge in [-0.15, -0.1) is 11.3 Å². The Morgan fingerprint density at radius 2 is 1.95 bits per heavy atom. The molecule has 0 atom stereocenters. The summed E-state index contributed by atoms with van der Waals surface area (Å²) in [6.07, 6.45) is 0. The Bertz CT molecular complexity index is 703. The average molecular weight is 285 g/mol. The monoisotopic (exact) mass is 285 g/mol. The second kappa shape index (κ2) is 5.51. The predicted molar refractivity (Wildman–Crippen MR) is 82.8 cm³/mol. The summed E-state index contributed by atoms with van der Waals surface area (Å²) < 4.78 is 12.3. The third-order valence-electron chi connectivity index (χ3n) is 3.01. The zero-order valence-electron chi connectivity index (χ0n) is 11.4. The third-order valence-corrected chi connectivity index (χ3v) is 4.08. The third kappa shape index (κ3) is 2.23. The first-order valence-electron chi connectivity index (χ1n) is 6.49. The van der Waals surface area contributed by atoms with Crippen LogP contribution < -0.4 is 9.47 Å². The second-order valence-corrected chi connectivity index (χ2v) is 5.29. The van der Waals surface area contributed by atoms with E-state index in [1.807, 2.05) is 43.3 Å². The SMILES string of the molecule is CCOc1c(OC)cccc1-c1nc2ccccc2s1. The minimum atomic E-state index is 0.596. The standard InChI is InChI=1S/C16H15NO2S/c1-3-19-15-11(7-6-9-13(15)18-2)16-17-12-8-4-5-10-14(12)20-16/h4-10H,3H2,1-2H3. The Kier molecular flexibility index (Phi) is 3.56. The molecule has 0 saturated carbocycles. The summed E-state index contributed by atoms with van der Waals surface area (Å²) >= 11 is 1.66. The van der Waals surface area contributed by atoms with E-state index in [-0.39, 0.29) is 0 Å². The van der Waals surface area contributed by atoms with Crippen LogP contribution in [-0.2, 0) is 0 Å². The zero-order valence-corrected chi connectivity index (χ0v) is 12.2. The van der Waals surface area contributed by atoms with Crippen LogP contribution in [0.25, 0.3) is 20.8 Å². The van der Waals surface area contributed by atoms with Crippen molar-refractivity contribution in [3.05, 3.63) is 42.5 Å². The van der Waals surface area contributed by atoms with Gasteiger partial charge < -0.3 is 9.47 Å². The van der Waals surface area contributed by atoms with Crippen LogP contribution in [0.4, 0.5) is 0 Å². The molecule has 102 valence electrons.